The van der Waals surface area contributed by atoms with Gasteiger partial charge in [-0.3, -0.25) is 4.79 Å². The fourth-order valence-electron chi connectivity index (χ4n) is 2.18. The van der Waals surface area contributed by atoms with Crippen LogP contribution in [-0.2, 0) is 19.6 Å². The number of hydrogen-bond donors (Lipinski definition) is 0. The molecule has 126 valence electrons. The number of esters is 1. The second-order valence-electron chi connectivity index (χ2n) is 5.04. The van der Waals surface area contributed by atoms with E-state index in [0.29, 0.717) is 10.9 Å². The van der Waals surface area contributed by atoms with Gasteiger partial charge in [0, 0.05) is 4.47 Å². The van der Waals surface area contributed by atoms with Gasteiger partial charge in [0.25, 0.3) is 0 Å². The molecule has 0 aliphatic rings. The highest BCUT2D eigenvalue weighted by Crippen LogP contribution is 2.28. The van der Waals surface area contributed by atoms with Crippen LogP contribution in [0.1, 0.15) is 20.3 Å². The molecular formula is C16H20BrNO4S. The minimum absolute atomic E-state index is 0.0625. The Hall–Kier alpha value is -1.36. The summed E-state index contributed by atoms with van der Waals surface area (Å²) >= 11 is 3.24. The number of carbonyl (C=O) groups is 1. The van der Waals surface area contributed by atoms with E-state index in [0.717, 1.165) is 4.31 Å². The number of ether oxygens (including phenoxy) is 1. The van der Waals surface area contributed by atoms with E-state index in [-0.39, 0.29) is 17.4 Å². The molecule has 5 nitrogen and oxygen atoms in total. The third-order valence-corrected chi connectivity index (χ3v) is 6.45. The van der Waals surface area contributed by atoms with E-state index < -0.39 is 22.0 Å². The number of hydrogen-bond acceptors (Lipinski definition) is 4. The van der Waals surface area contributed by atoms with Crippen molar-refractivity contribution in [3.63, 3.8) is 0 Å². The number of methoxy groups -OCH3 is 1. The van der Waals surface area contributed by atoms with Crippen LogP contribution in [0.2, 0.25) is 0 Å². The fourth-order valence-corrected chi connectivity index (χ4v) is 4.73. The monoisotopic (exact) mass is 401 g/mol. The van der Waals surface area contributed by atoms with Gasteiger partial charge in [-0.1, -0.05) is 38.3 Å². The molecule has 0 fully saturated rings. The van der Waals surface area contributed by atoms with E-state index in [1.54, 1.807) is 25.1 Å². The fraction of sp³-hybridized carbons (Fsp3) is 0.438. The predicted octanol–water partition coefficient (Wildman–Crippen LogP) is 2.66. The Morgan fingerprint density at radius 2 is 2.04 bits per heavy atom. The van der Waals surface area contributed by atoms with Crippen LogP contribution in [0.5, 0.6) is 0 Å². The van der Waals surface area contributed by atoms with Crippen LogP contribution in [0.4, 0.5) is 0 Å². The summed E-state index contributed by atoms with van der Waals surface area (Å²) in [4.78, 5) is 12.2. The SMILES string of the molecule is C#CCN([C@H](C(=O)OC)C(C)CC)S(=O)(=O)c1ccccc1Br. The molecule has 0 aliphatic carbocycles. The largest absolute Gasteiger partial charge is 0.468 e. The summed E-state index contributed by atoms with van der Waals surface area (Å²) in [6.45, 7) is 3.45. The third kappa shape index (κ3) is 4.34. The molecule has 0 aliphatic heterocycles. The van der Waals surface area contributed by atoms with E-state index in [4.69, 9.17) is 11.2 Å². The van der Waals surface area contributed by atoms with Gasteiger partial charge < -0.3 is 4.74 Å². The Bertz CT molecular complexity index is 696. The molecule has 0 heterocycles. The Kier molecular flexibility index (Phi) is 7.26. The van der Waals surface area contributed by atoms with Gasteiger partial charge in [-0.15, -0.1) is 6.42 Å². The molecule has 1 aromatic carbocycles. The highest BCUT2D eigenvalue weighted by Gasteiger charge is 2.39. The minimum Gasteiger partial charge on any atom is -0.468 e. The lowest BCUT2D eigenvalue weighted by Crippen LogP contribution is -2.49. The minimum atomic E-state index is -3.96. The van der Waals surface area contributed by atoms with Crippen LogP contribution in [0.15, 0.2) is 33.6 Å². The molecule has 7 heteroatoms. The van der Waals surface area contributed by atoms with Gasteiger partial charge in [0.15, 0.2) is 0 Å². The first-order valence-electron chi connectivity index (χ1n) is 7.08. The standard InChI is InChI=1S/C16H20BrNO4S/c1-5-11-18(15(12(3)6-2)16(19)22-4)23(20,21)14-10-8-7-9-13(14)17/h1,7-10,12,15H,6,11H2,2-4H3/t12?,15-/m0/s1. The maximum absolute atomic E-state index is 13.0. The zero-order valence-electron chi connectivity index (χ0n) is 13.3. The summed E-state index contributed by atoms with van der Waals surface area (Å²) in [5.74, 6) is 1.46. The molecule has 0 amide bonds. The average Bonchev–Trinajstić information content (AvgIpc) is 2.53. The first kappa shape index (κ1) is 19.7. The summed E-state index contributed by atoms with van der Waals surface area (Å²) in [5.41, 5.74) is 0. The topological polar surface area (TPSA) is 63.7 Å². The maximum Gasteiger partial charge on any atom is 0.324 e. The maximum atomic E-state index is 13.0. The van der Waals surface area contributed by atoms with Crippen molar-refractivity contribution in [2.75, 3.05) is 13.7 Å². The number of benzene rings is 1. The number of nitrogens with zero attached hydrogens (tertiary/aromatic N) is 1. The quantitative estimate of drug-likeness (QED) is 0.520. The Morgan fingerprint density at radius 3 is 2.52 bits per heavy atom. The van der Waals surface area contributed by atoms with Crippen molar-refractivity contribution in [1.82, 2.24) is 4.31 Å². The Morgan fingerprint density at radius 1 is 1.43 bits per heavy atom. The van der Waals surface area contributed by atoms with Crippen molar-refractivity contribution in [2.24, 2.45) is 5.92 Å². The summed E-state index contributed by atoms with van der Waals surface area (Å²) in [5, 5.41) is 0. The highest BCUT2D eigenvalue weighted by atomic mass is 79.9. The van der Waals surface area contributed by atoms with Gasteiger partial charge in [-0.25, -0.2) is 8.42 Å². The normalized spacial score (nSPS) is 14.1. The van der Waals surface area contributed by atoms with Gasteiger partial charge >= 0.3 is 5.97 Å². The molecule has 0 aromatic heterocycles. The number of sulfonamides is 1. The predicted molar refractivity (Wildman–Crippen MR) is 92.1 cm³/mol. The lowest BCUT2D eigenvalue weighted by molar-refractivity contribution is -0.146. The number of terminal acetylenes is 1. The van der Waals surface area contributed by atoms with E-state index >= 15 is 0 Å². The van der Waals surface area contributed by atoms with Crippen LogP contribution < -0.4 is 0 Å². The second-order valence-corrected chi connectivity index (χ2v) is 7.75. The first-order valence-corrected chi connectivity index (χ1v) is 9.32. The average molecular weight is 402 g/mol. The van der Waals surface area contributed by atoms with Crippen molar-refractivity contribution in [3.05, 3.63) is 28.7 Å². The summed E-state index contributed by atoms with van der Waals surface area (Å²) in [6.07, 6.45) is 5.95. The molecule has 0 saturated heterocycles. The van der Waals surface area contributed by atoms with Crippen LogP contribution in [0.3, 0.4) is 0 Å². The first-order chi connectivity index (χ1) is 10.8. The molecule has 0 bridgehead atoms. The van der Waals surface area contributed by atoms with E-state index in [1.807, 2.05) is 6.92 Å². The molecule has 1 aromatic rings. The van der Waals surface area contributed by atoms with Crippen LogP contribution in [0, 0.1) is 18.3 Å². The van der Waals surface area contributed by atoms with Gasteiger partial charge in [0.05, 0.1) is 18.6 Å². The van der Waals surface area contributed by atoms with E-state index in [9.17, 15) is 13.2 Å². The number of carbonyl (C=O) groups excluding carboxylic acids is 1. The van der Waals surface area contributed by atoms with Gasteiger partial charge in [0.1, 0.15) is 6.04 Å². The van der Waals surface area contributed by atoms with Crippen LogP contribution in [0.25, 0.3) is 0 Å². The Balaban J connectivity index is 3.47. The van der Waals surface area contributed by atoms with Crippen LogP contribution in [-0.4, -0.2) is 38.4 Å². The molecule has 1 unspecified atom stereocenters. The lowest BCUT2D eigenvalue weighted by Gasteiger charge is -2.31. The van der Waals surface area contributed by atoms with Crippen molar-refractivity contribution in [3.8, 4) is 12.3 Å². The van der Waals surface area contributed by atoms with Crippen molar-refractivity contribution >= 4 is 31.9 Å². The Labute approximate surface area is 146 Å². The van der Waals surface area contributed by atoms with Gasteiger partial charge in [0.2, 0.25) is 10.0 Å². The summed E-state index contributed by atoms with van der Waals surface area (Å²) < 4.78 is 32.3. The smallest absolute Gasteiger partial charge is 0.324 e. The molecule has 0 N–H and O–H groups in total. The number of rotatable bonds is 7. The summed E-state index contributed by atoms with van der Waals surface area (Å²) in [7, 11) is -2.73. The van der Waals surface area contributed by atoms with E-state index in [1.165, 1.54) is 13.2 Å². The van der Waals surface area contributed by atoms with Crippen molar-refractivity contribution in [1.29, 1.82) is 0 Å². The highest BCUT2D eigenvalue weighted by molar-refractivity contribution is 9.10. The molecule has 0 radical (unpaired) electrons. The molecule has 0 saturated carbocycles. The molecule has 0 spiro atoms. The third-order valence-electron chi connectivity index (χ3n) is 3.61. The van der Waals surface area contributed by atoms with Crippen molar-refractivity contribution in [2.45, 2.75) is 31.2 Å². The van der Waals surface area contributed by atoms with Crippen LogP contribution >= 0.6 is 15.9 Å². The van der Waals surface area contributed by atoms with Gasteiger partial charge in [-0.05, 0) is 34.0 Å². The second kappa shape index (κ2) is 8.48. The molecule has 2 atom stereocenters. The van der Waals surface area contributed by atoms with E-state index in [2.05, 4.69) is 21.9 Å². The molecular weight excluding hydrogens is 382 g/mol. The molecule has 23 heavy (non-hydrogen) atoms. The van der Waals surface area contributed by atoms with Crippen molar-refractivity contribution < 1.29 is 17.9 Å². The summed E-state index contributed by atoms with van der Waals surface area (Å²) in [6, 6.07) is 5.44. The zero-order valence-corrected chi connectivity index (χ0v) is 15.7. The lowest BCUT2D eigenvalue weighted by atomic mass is 9.99. The molecule has 1 rings (SSSR count). The zero-order chi connectivity index (χ0) is 17.6. The number of halogens is 1. The van der Waals surface area contributed by atoms with Gasteiger partial charge in [-0.2, -0.15) is 4.31 Å².